The predicted octanol–water partition coefficient (Wildman–Crippen LogP) is 6.97. The zero-order chi connectivity index (χ0) is 29.0. The van der Waals surface area contributed by atoms with Gasteiger partial charge in [0.15, 0.2) is 0 Å². The molecule has 0 radical (unpaired) electrons. The number of rotatable bonds is 6. The van der Waals surface area contributed by atoms with Crippen LogP contribution in [-0.2, 0) is 14.3 Å². The highest BCUT2D eigenvalue weighted by Crippen LogP contribution is 2.28. The first-order valence-corrected chi connectivity index (χ1v) is 12.3. The second kappa shape index (κ2) is 11.6. The molecule has 0 aromatic heterocycles. The summed E-state index contributed by atoms with van der Waals surface area (Å²) in [5.41, 5.74) is -0.0995. The van der Waals surface area contributed by atoms with Crippen molar-refractivity contribution in [2.24, 2.45) is 0 Å². The van der Waals surface area contributed by atoms with Gasteiger partial charge in [0.1, 0.15) is 34.9 Å². The van der Waals surface area contributed by atoms with E-state index in [1.807, 2.05) is 0 Å². The second-order valence-corrected chi connectivity index (χ2v) is 10.8. The van der Waals surface area contributed by atoms with E-state index in [1.54, 1.807) is 90.1 Å². The smallest absolute Gasteiger partial charge is 0.412 e. The highest BCUT2D eigenvalue weighted by atomic mass is 19.1. The fourth-order valence-corrected chi connectivity index (χ4v) is 3.64. The number of hydrogen-bond acceptors (Lipinski definition) is 5. The van der Waals surface area contributed by atoms with Crippen LogP contribution < -0.4 is 10.2 Å². The van der Waals surface area contributed by atoms with Gasteiger partial charge in [0, 0.05) is 11.4 Å². The molecule has 0 unspecified atom stereocenters. The highest BCUT2D eigenvalue weighted by molar-refractivity contribution is 6.09. The van der Waals surface area contributed by atoms with Crippen LogP contribution in [0.4, 0.5) is 25.0 Å². The summed E-state index contributed by atoms with van der Waals surface area (Å²) < 4.78 is 39.6. The Kier molecular flexibility index (Phi) is 8.74. The van der Waals surface area contributed by atoms with E-state index in [9.17, 15) is 23.2 Å². The normalized spacial score (nSPS) is 11.5. The van der Waals surface area contributed by atoms with Gasteiger partial charge in [-0.15, -0.1) is 0 Å². The molecule has 1 N–H and O–H groups in total. The zero-order valence-corrected chi connectivity index (χ0v) is 22.8. The van der Waals surface area contributed by atoms with E-state index >= 15 is 0 Å². The Labute approximate surface area is 226 Å². The summed E-state index contributed by atoms with van der Waals surface area (Å²) in [6.07, 6.45) is -0.589. The van der Waals surface area contributed by atoms with Gasteiger partial charge >= 0.3 is 12.1 Å². The van der Waals surface area contributed by atoms with Crippen molar-refractivity contribution in [1.29, 1.82) is 0 Å². The van der Waals surface area contributed by atoms with Crippen LogP contribution in [0.5, 0.6) is 0 Å². The minimum atomic E-state index is -1.04. The monoisotopic (exact) mass is 538 g/mol. The van der Waals surface area contributed by atoms with Crippen molar-refractivity contribution in [2.45, 2.75) is 52.7 Å². The van der Waals surface area contributed by atoms with Gasteiger partial charge in [-0.2, -0.15) is 0 Å². The average Bonchev–Trinajstić information content (AvgIpc) is 2.80. The van der Waals surface area contributed by atoms with Crippen LogP contribution in [-0.4, -0.2) is 35.7 Å². The summed E-state index contributed by atoms with van der Waals surface area (Å²) in [6.45, 7) is 9.76. The molecule has 0 aliphatic rings. The Balaban J connectivity index is 1.93. The van der Waals surface area contributed by atoms with Crippen molar-refractivity contribution >= 4 is 29.3 Å². The Morgan fingerprint density at radius 1 is 0.769 bits per heavy atom. The standard InChI is InChI=1S/C30H32F2N2O5/c1-29(2,3)38-25(35)18-34(27(36)26-23(31)11-8-12-24(26)32)22-10-7-9-20(17-22)19-13-15-21(16-14-19)33-28(37)39-30(4,5)6/h7-17H,18H2,1-6H3,(H,33,37). The summed E-state index contributed by atoms with van der Waals surface area (Å²) in [7, 11) is 0. The van der Waals surface area contributed by atoms with Crippen LogP contribution >= 0.6 is 0 Å². The number of amides is 2. The quantitative estimate of drug-likeness (QED) is 0.343. The Morgan fingerprint density at radius 3 is 1.90 bits per heavy atom. The summed E-state index contributed by atoms with van der Waals surface area (Å²) in [4.78, 5) is 39.1. The number of esters is 1. The number of ether oxygens (including phenoxy) is 2. The van der Waals surface area contributed by atoms with Gasteiger partial charge in [-0.25, -0.2) is 13.6 Å². The van der Waals surface area contributed by atoms with E-state index in [1.165, 1.54) is 0 Å². The van der Waals surface area contributed by atoms with E-state index in [-0.39, 0.29) is 5.69 Å². The van der Waals surface area contributed by atoms with E-state index in [0.717, 1.165) is 28.7 Å². The Morgan fingerprint density at radius 2 is 1.33 bits per heavy atom. The van der Waals surface area contributed by atoms with Crippen LogP contribution in [0.3, 0.4) is 0 Å². The minimum absolute atomic E-state index is 0.238. The number of carbonyl (C=O) groups excluding carboxylic acids is 3. The van der Waals surface area contributed by atoms with Crippen LogP contribution in [0.15, 0.2) is 66.7 Å². The Bertz CT molecular complexity index is 1340. The number of hydrogen-bond donors (Lipinski definition) is 1. The lowest BCUT2D eigenvalue weighted by Crippen LogP contribution is -2.39. The fourth-order valence-electron chi connectivity index (χ4n) is 3.64. The van der Waals surface area contributed by atoms with E-state index < -0.39 is 52.9 Å². The van der Waals surface area contributed by atoms with Crippen LogP contribution in [0, 0.1) is 11.6 Å². The summed E-state index contributed by atoms with van der Waals surface area (Å²) in [5.74, 6) is -3.85. The number of benzene rings is 3. The third-order valence-electron chi connectivity index (χ3n) is 5.15. The maximum absolute atomic E-state index is 14.5. The minimum Gasteiger partial charge on any atom is -0.459 e. The SMILES string of the molecule is CC(C)(C)OC(=O)CN(C(=O)c1c(F)cccc1F)c1cccc(-c2ccc(NC(=O)OC(C)(C)C)cc2)c1. The number of carbonyl (C=O) groups is 3. The van der Waals surface area contributed by atoms with Gasteiger partial charge in [-0.1, -0.05) is 30.3 Å². The van der Waals surface area contributed by atoms with Crippen LogP contribution in [0.25, 0.3) is 11.1 Å². The van der Waals surface area contributed by atoms with Crippen molar-refractivity contribution in [2.75, 3.05) is 16.8 Å². The van der Waals surface area contributed by atoms with Crippen LogP contribution in [0.2, 0.25) is 0 Å². The number of anilines is 2. The second-order valence-electron chi connectivity index (χ2n) is 10.8. The van der Waals surface area contributed by atoms with Crippen molar-refractivity contribution < 1.29 is 32.6 Å². The van der Waals surface area contributed by atoms with Gasteiger partial charge in [0.2, 0.25) is 0 Å². The Hall–Kier alpha value is -4.27. The molecule has 9 heteroatoms. The van der Waals surface area contributed by atoms with Gasteiger partial charge in [0.25, 0.3) is 5.91 Å². The molecular formula is C30H32F2N2O5. The molecule has 0 saturated carbocycles. The molecule has 206 valence electrons. The lowest BCUT2D eigenvalue weighted by atomic mass is 10.0. The lowest BCUT2D eigenvalue weighted by Gasteiger charge is -2.26. The molecule has 0 bridgehead atoms. The van der Waals surface area contributed by atoms with Gasteiger partial charge in [0.05, 0.1) is 0 Å². The molecule has 0 atom stereocenters. The average molecular weight is 539 g/mol. The topological polar surface area (TPSA) is 84.9 Å². The molecule has 0 saturated heterocycles. The first-order chi connectivity index (χ1) is 18.1. The molecule has 3 rings (SSSR count). The van der Waals surface area contributed by atoms with Crippen molar-refractivity contribution in [1.82, 2.24) is 0 Å². The van der Waals surface area contributed by atoms with E-state index in [4.69, 9.17) is 9.47 Å². The van der Waals surface area contributed by atoms with E-state index in [2.05, 4.69) is 5.32 Å². The molecule has 0 aliphatic heterocycles. The molecule has 39 heavy (non-hydrogen) atoms. The molecule has 7 nitrogen and oxygen atoms in total. The van der Waals surface area contributed by atoms with E-state index in [0.29, 0.717) is 11.3 Å². The molecule has 3 aromatic carbocycles. The number of nitrogens with one attached hydrogen (secondary N) is 1. The molecular weight excluding hydrogens is 506 g/mol. The summed E-state index contributed by atoms with van der Waals surface area (Å²) >= 11 is 0. The predicted molar refractivity (Wildman–Crippen MR) is 146 cm³/mol. The maximum atomic E-state index is 14.5. The third-order valence-corrected chi connectivity index (χ3v) is 5.15. The molecule has 3 aromatic rings. The molecule has 0 fully saturated rings. The number of halogens is 2. The maximum Gasteiger partial charge on any atom is 0.412 e. The first kappa shape index (κ1) is 29.3. The van der Waals surface area contributed by atoms with Crippen LogP contribution in [0.1, 0.15) is 51.9 Å². The molecule has 0 aliphatic carbocycles. The zero-order valence-electron chi connectivity index (χ0n) is 22.8. The lowest BCUT2D eigenvalue weighted by molar-refractivity contribution is -0.152. The first-order valence-electron chi connectivity index (χ1n) is 12.3. The number of nitrogens with zero attached hydrogens (tertiary/aromatic N) is 1. The molecule has 0 heterocycles. The summed E-state index contributed by atoms with van der Waals surface area (Å²) in [5, 5.41) is 2.65. The molecule has 0 spiro atoms. The van der Waals surface area contributed by atoms with Gasteiger partial charge < -0.3 is 9.47 Å². The fraction of sp³-hybridized carbons (Fsp3) is 0.300. The third kappa shape index (κ3) is 8.36. The van der Waals surface area contributed by atoms with Gasteiger partial charge in [-0.3, -0.25) is 19.8 Å². The highest BCUT2D eigenvalue weighted by Gasteiger charge is 2.28. The van der Waals surface area contributed by atoms with Gasteiger partial charge in [-0.05, 0) is 89.1 Å². The molecule has 2 amide bonds. The largest absolute Gasteiger partial charge is 0.459 e. The van der Waals surface area contributed by atoms with Crippen molar-refractivity contribution in [3.8, 4) is 11.1 Å². The summed E-state index contributed by atoms with van der Waals surface area (Å²) in [6, 6.07) is 16.6. The van der Waals surface area contributed by atoms with Crippen molar-refractivity contribution in [3.63, 3.8) is 0 Å². The van der Waals surface area contributed by atoms with Crippen molar-refractivity contribution in [3.05, 3.63) is 83.9 Å².